The largest absolute Gasteiger partial charge is 0.369 e. The van der Waals surface area contributed by atoms with Crippen LogP contribution in [-0.4, -0.2) is 36.6 Å². The normalized spacial score (nSPS) is 11.8. The van der Waals surface area contributed by atoms with Gasteiger partial charge in [0.2, 0.25) is 15.9 Å². The molecule has 21 heavy (non-hydrogen) atoms. The summed E-state index contributed by atoms with van der Waals surface area (Å²) in [6, 6.07) is 4.49. The SMILES string of the molecule is CC(C)CN(CC(N)=O)S(=O)(=O)c1ccc([N+](=O)[O-])cc1. The molecule has 0 saturated carbocycles. The van der Waals surface area contributed by atoms with Crippen LogP contribution >= 0.6 is 0 Å². The van der Waals surface area contributed by atoms with Gasteiger partial charge in [0.25, 0.3) is 5.69 Å². The van der Waals surface area contributed by atoms with E-state index in [1.54, 1.807) is 13.8 Å². The number of amides is 1. The highest BCUT2D eigenvalue weighted by Gasteiger charge is 2.27. The first-order valence-electron chi connectivity index (χ1n) is 6.17. The minimum atomic E-state index is -3.92. The Hall–Kier alpha value is -2.00. The monoisotopic (exact) mass is 315 g/mol. The van der Waals surface area contributed by atoms with E-state index in [4.69, 9.17) is 5.73 Å². The second-order valence-electron chi connectivity index (χ2n) is 4.91. The zero-order valence-electron chi connectivity index (χ0n) is 11.7. The lowest BCUT2D eigenvalue weighted by molar-refractivity contribution is -0.384. The van der Waals surface area contributed by atoms with Gasteiger partial charge < -0.3 is 5.73 Å². The minimum absolute atomic E-state index is 0.00262. The molecule has 2 N–H and O–H groups in total. The van der Waals surface area contributed by atoms with Crippen LogP contribution in [0.2, 0.25) is 0 Å². The van der Waals surface area contributed by atoms with Crippen LogP contribution in [0.3, 0.4) is 0 Å². The van der Waals surface area contributed by atoms with Crippen LogP contribution in [0, 0.1) is 16.0 Å². The van der Waals surface area contributed by atoms with E-state index >= 15 is 0 Å². The number of hydrogen-bond donors (Lipinski definition) is 1. The molecule has 9 heteroatoms. The number of hydrogen-bond acceptors (Lipinski definition) is 5. The van der Waals surface area contributed by atoms with E-state index < -0.39 is 27.4 Å². The summed E-state index contributed by atoms with van der Waals surface area (Å²) < 4.78 is 25.8. The third-order valence-corrected chi connectivity index (χ3v) is 4.41. The van der Waals surface area contributed by atoms with Gasteiger partial charge in [-0.15, -0.1) is 0 Å². The van der Waals surface area contributed by atoms with Gasteiger partial charge in [0.1, 0.15) is 0 Å². The first-order valence-corrected chi connectivity index (χ1v) is 7.61. The van der Waals surface area contributed by atoms with Crippen molar-refractivity contribution in [2.75, 3.05) is 13.1 Å². The second kappa shape index (κ2) is 6.64. The van der Waals surface area contributed by atoms with Gasteiger partial charge in [-0.2, -0.15) is 4.31 Å². The van der Waals surface area contributed by atoms with E-state index in [0.29, 0.717) is 0 Å². The maximum absolute atomic E-state index is 12.4. The fourth-order valence-corrected chi connectivity index (χ4v) is 3.29. The van der Waals surface area contributed by atoms with Gasteiger partial charge in [-0.05, 0) is 18.1 Å². The Labute approximate surface area is 122 Å². The molecule has 0 radical (unpaired) electrons. The summed E-state index contributed by atoms with van der Waals surface area (Å²) in [5.41, 5.74) is 4.86. The molecular weight excluding hydrogens is 298 g/mol. The summed E-state index contributed by atoms with van der Waals surface area (Å²) >= 11 is 0. The number of sulfonamides is 1. The zero-order chi connectivity index (χ0) is 16.2. The number of nitrogens with zero attached hydrogens (tertiary/aromatic N) is 2. The molecule has 0 aliphatic heterocycles. The van der Waals surface area contributed by atoms with Crippen molar-refractivity contribution in [2.24, 2.45) is 11.7 Å². The number of primary amides is 1. The Balaban J connectivity index is 3.15. The average molecular weight is 315 g/mol. The summed E-state index contributed by atoms with van der Waals surface area (Å²) in [6.45, 7) is 3.30. The molecule has 0 bridgehead atoms. The lowest BCUT2D eigenvalue weighted by Crippen LogP contribution is -2.40. The maximum atomic E-state index is 12.4. The van der Waals surface area contributed by atoms with Crippen molar-refractivity contribution in [1.29, 1.82) is 0 Å². The summed E-state index contributed by atoms with van der Waals surface area (Å²) in [7, 11) is -3.92. The van der Waals surface area contributed by atoms with E-state index in [-0.39, 0.29) is 23.0 Å². The Kier molecular flexibility index (Phi) is 5.39. The highest BCUT2D eigenvalue weighted by molar-refractivity contribution is 7.89. The third-order valence-electron chi connectivity index (χ3n) is 2.59. The molecule has 1 rings (SSSR count). The van der Waals surface area contributed by atoms with Crippen molar-refractivity contribution in [3.8, 4) is 0 Å². The summed E-state index contributed by atoms with van der Waals surface area (Å²) in [6.07, 6.45) is 0. The van der Waals surface area contributed by atoms with Gasteiger partial charge in [-0.3, -0.25) is 14.9 Å². The van der Waals surface area contributed by atoms with Gasteiger partial charge in [-0.1, -0.05) is 13.8 Å². The molecule has 1 aromatic rings. The van der Waals surface area contributed by atoms with Crippen LogP contribution in [-0.2, 0) is 14.8 Å². The molecule has 0 unspecified atom stereocenters. The van der Waals surface area contributed by atoms with Gasteiger partial charge >= 0.3 is 0 Å². The number of rotatable bonds is 7. The summed E-state index contributed by atoms with van der Waals surface area (Å²) in [4.78, 5) is 20.9. The number of nitro groups is 1. The minimum Gasteiger partial charge on any atom is -0.369 e. The molecule has 0 saturated heterocycles. The lowest BCUT2D eigenvalue weighted by atomic mass is 10.2. The average Bonchev–Trinajstić information content (AvgIpc) is 2.37. The van der Waals surface area contributed by atoms with Crippen molar-refractivity contribution in [3.05, 3.63) is 34.4 Å². The fourth-order valence-electron chi connectivity index (χ4n) is 1.72. The molecule has 116 valence electrons. The van der Waals surface area contributed by atoms with E-state index in [1.165, 1.54) is 0 Å². The van der Waals surface area contributed by atoms with Crippen LogP contribution in [0.25, 0.3) is 0 Å². The first kappa shape index (κ1) is 17.1. The number of nitro benzene ring substituents is 1. The first-order chi connectivity index (χ1) is 9.64. The Morgan fingerprint density at radius 2 is 1.86 bits per heavy atom. The van der Waals surface area contributed by atoms with Crippen LogP contribution in [0.15, 0.2) is 29.2 Å². The van der Waals surface area contributed by atoms with Crippen LogP contribution in [0.4, 0.5) is 5.69 Å². The molecule has 0 heterocycles. The van der Waals surface area contributed by atoms with Gasteiger partial charge in [0.15, 0.2) is 0 Å². The number of non-ortho nitro benzene ring substituents is 1. The van der Waals surface area contributed by atoms with E-state index in [0.717, 1.165) is 28.6 Å². The van der Waals surface area contributed by atoms with E-state index in [9.17, 15) is 23.3 Å². The highest BCUT2D eigenvalue weighted by atomic mass is 32.2. The van der Waals surface area contributed by atoms with Crippen molar-refractivity contribution >= 4 is 21.6 Å². The van der Waals surface area contributed by atoms with Crippen molar-refractivity contribution in [1.82, 2.24) is 4.31 Å². The van der Waals surface area contributed by atoms with Gasteiger partial charge in [0.05, 0.1) is 16.4 Å². The molecule has 0 spiro atoms. The number of benzene rings is 1. The van der Waals surface area contributed by atoms with E-state index in [1.807, 2.05) is 0 Å². The van der Waals surface area contributed by atoms with Gasteiger partial charge in [0, 0.05) is 18.7 Å². The van der Waals surface area contributed by atoms with Crippen molar-refractivity contribution < 1.29 is 18.1 Å². The van der Waals surface area contributed by atoms with E-state index in [2.05, 4.69) is 0 Å². The highest BCUT2D eigenvalue weighted by Crippen LogP contribution is 2.20. The molecule has 0 fully saturated rings. The third kappa shape index (κ3) is 4.50. The molecule has 0 aliphatic rings. The zero-order valence-corrected chi connectivity index (χ0v) is 12.5. The second-order valence-corrected chi connectivity index (χ2v) is 6.85. The Bertz CT molecular complexity index is 625. The number of nitrogens with two attached hydrogens (primary N) is 1. The topological polar surface area (TPSA) is 124 Å². The molecule has 0 aromatic heterocycles. The number of carbonyl (C=O) groups excluding carboxylic acids is 1. The van der Waals surface area contributed by atoms with Crippen LogP contribution < -0.4 is 5.73 Å². The maximum Gasteiger partial charge on any atom is 0.269 e. The fraction of sp³-hybridized carbons (Fsp3) is 0.417. The Morgan fingerprint density at radius 3 is 2.24 bits per heavy atom. The van der Waals surface area contributed by atoms with Gasteiger partial charge in [-0.25, -0.2) is 8.42 Å². The van der Waals surface area contributed by atoms with Crippen LogP contribution in [0.1, 0.15) is 13.8 Å². The molecule has 0 atom stereocenters. The van der Waals surface area contributed by atoms with Crippen molar-refractivity contribution in [2.45, 2.75) is 18.7 Å². The standard InChI is InChI=1S/C12H17N3O5S/c1-9(2)7-14(8-12(13)16)21(19,20)11-5-3-10(4-6-11)15(17)18/h3-6,9H,7-8H2,1-2H3,(H2,13,16). The summed E-state index contributed by atoms with van der Waals surface area (Å²) in [5, 5.41) is 10.6. The number of carbonyl (C=O) groups is 1. The van der Waals surface area contributed by atoms with Crippen LogP contribution in [0.5, 0.6) is 0 Å². The predicted molar refractivity (Wildman–Crippen MR) is 75.9 cm³/mol. The molecule has 1 amide bonds. The lowest BCUT2D eigenvalue weighted by Gasteiger charge is -2.22. The quantitative estimate of drug-likeness (QED) is 0.586. The molecule has 1 aromatic carbocycles. The van der Waals surface area contributed by atoms with Crippen molar-refractivity contribution in [3.63, 3.8) is 0 Å². The molecular formula is C12H17N3O5S. The summed E-state index contributed by atoms with van der Waals surface area (Å²) in [5.74, 6) is -0.765. The molecule has 8 nitrogen and oxygen atoms in total. The predicted octanol–water partition coefficient (Wildman–Crippen LogP) is 0.727. The Morgan fingerprint density at radius 1 is 1.33 bits per heavy atom. The smallest absolute Gasteiger partial charge is 0.269 e. The molecule has 0 aliphatic carbocycles.